The minimum Gasteiger partial charge on any atom is -0.478 e. The Morgan fingerprint density at radius 2 is 2.18 bits per heavy atom. The van der Waals surface area contributed by atoms with E-state index in [1.807, 2.05) is 0 Å². The van der Waals surface area contributed by atoms with Gasteiger partial charge in [-0.2, -0.15) is 0 Å². The number of aliphatic carboxylic acids is 1. The summed E-state index contributed by atoms with van der Waals surface area (Å²) in [7, 11) is 1.56. The lowest BCUT2D eigenvalue weighted by atomic mass is 10.5. The van der Waals surface area contributed by atoms with Gasteiger partial charge in [0.15, 0.2) is 0 Å². The van der Waals surface area contributed by atoms with E-state index in [-0.39, 0.29) is 6.54 Å². The van der Waals surface area contributed by atoms with E-state index in [1.54, 1.807) is 7.05 Å². The minimum absolute atomic E-state index is 0.0176. The second-order valence-corrected chi connectivity index (χ2v) is 2.04. The zero-order chi connectivity index (χ0) is 8.85. The molecule has 0 aliphatic heterocycles. The van der Waals surface area contributed by atoms with Gasteiger partial charge in [0, 0.05) is 19.3 Å². The molecule has 0 aromatic rings. The Hall–Kier alpha value is -1.52. The van der Waals surface area contributed by atoms with Crippen molar-refractivity contribution in [2.75, 3.05) is 13.6 Å². The molecule has 0 saturated heterocycles. The molecule has 0 bridgehead atoms. The molecule has 0 unspecified atom stereocenters. The van der Waals surface area contributed by atoms with Gasteiger partial charge in [-0.25, -0.2) is 4.79 Å². The van der Waals surface area contributed by atoms with E-state index in [1.165, 1.54) is 11.1 Å². The highest BCUT2D eigenvalue weighted by Crippen LogP contribution is 1.82. The van der Waals surface area contributed by atoms with Crippen molar-refractivity contribution < 1.29 is 14.7 Å². The highest BCUT2D eigenvalue weighted by atomic mass is 16.4. The number of carbonyl (C=O) groups is 2. The third kappa shape index (κ3) is 6.36. The molecule has 5 heteroatoms. The lowest BCUT2D eigenvalue weighted by Gasteiger charge is -2.09. The number of primary amides is 1. The van der Waals surface area contributed by atoms with Crippen molar-refractivity contribution in [3.05, 3.63) is 12.3 Å². The van der Waals surface area contributed by atoms with E-state index >= 15 is 0 Å². The predicted molar refractivity (Wildman–Crippen MR) is 38.6 cm³/mol. The van der Waals surface area contributed by atoms with Crippen molar-refractivity contribution in [1.29, 1.82) is 0 Å². The van der Waals surface area contributed by atoms with E-state index in [4.69, 9.17) is 10.8 Å². The maximum atomic E-state index is 10.3. The van der Waals surface area contributed by atoms with Crippen molar-refractivity contribution in [3.63, 3.8) is 0 Å². The third-order valence-corrected chi connectivity index (χ3v) is 0.877. The molecule has 0 aromatic carbocycles. The number of carboxylic acids is 1. The molecule has 3 N–H and O–H groups in total. The highest BCUT2D eigenvalue weighted by Gasteiger charge is 1.96. The van der Waals surface area contributed by atoms with Gasteiger partial charge in [-0.1, -0.05) is 0 Å². The van der Waals surface area contributed by atoms with Crippen molar-refractivity contribution >= 4 is 11.9 Å². The number of hydrogen-bond donors (Lipinski definition) is 2. The molecule has 0 saturated carbocycles. The number of nitrogens with zero attached hydrogens (tertiary/aromatic N) is 1. The second-order valence-electron chi connectivity index (χ2n) is 2.04. The summed E-state index contributed by atoms with van der Waals surface area (Å²) in [6.45, 7) is 0.0176. The van der Waals surface area contributed by atoms with Crippen LogP contribution >= 0.6 is 0 Å². The Bertz CT molecular complexity index is 188. The monoisotopic (exact) mass is 158 g/mol. The van der Waals surface area contributed by atoms with Crippen molar-refractivity contribution in [2.45, 2.75) is 0 Å². The zero-order valence-corrected chi connectivity index (χ0v) is 6.15. The number of carboxylic acid groups (broad SMARTS) is 1. The first-order valence-electron chi connectivity index (χ1n) is 2.92. The molecular formula is C6H10N2O3. The molecule has 62 valence electrons. The molecule has 0 heterocycles. The average Bonchev–Trinajstić information content (AvgIpc) is 1.82. The number of likely N-dealkylation sites (N-methyl/N-ethyl adjacent to an activating group) is 1. The standard InChI is InChI=1S/C6H10N2O3/c1-8(4-5(7)9)3-2-6(10)11/h2-3H,4H2,1H3,(H2,7,9)(H,10,11). The van der Waals surface area contributed by atoms with Crippen LogP contribution in [0.3, 0.4) is 0 Å². The molecule has 0 rings (SSSR count). The van der Waals surface area contributed by atoms with Crippen LogP contribution in [0.4, 0.5) is 0 Å². The molecule has 1 amide bonds. The summed E-state index contributed by atoms with van der Waals surface area (Å²) in [4.78, 5) is 21.6. The quantitative estimate of drug-likeness (QED) is 0.514. The largest absolute Gasteiger partial charge is 0.478 e. The first kappa shape index (κ1) is 9.48. The Labute approximate surface area is 64.1 Å². The first-order chi connectivity index (χ1) is 5.02. The Kier molecular flexibility index (Phi) is 3.72. The summed E-state index contributed by atoms with van der Waals surface area (Å²) in [5.74, 6) is -1.55. The van der Waals surface area contributed by atoms with Crippen molar-refractivity contribution in [1.82, 2.24) is 4.90 Å². The maximum absolute atomic E-state index is 10.3. The van der Waals surface area contributed by atoms with Crippen LogP contribution < -0.4 is 5.73 Å². The van der Waals surface area contributed by atoms with Gasteiger partial charge >= 0.3 is 5.97 Å². The van der Waals surface area contributed by atoms with Crippen molar-refractivity contribution in [2.24, 2.45) is 5.73 Å². The van der Waals surface area contributed by atoms with Gasteiger partial charge < -0.3 is 15.7 Å². The van der Waals surface area contributed by atoms with Crippen molar-refractivity contribution in [3.8, 4) is 0 Å². The summed E-state index contributed by atoms with van der Waals surface area (Å²) < 4.78 is 0. The molecule has 0 radical (unpaired) electrons. The molecule has 11 heavy (non-hydrogen) atoms. The lowest BCUT2D eigenvalue weighted by Crippen LogP contribution is -2.27. The molecule has 0 fully saturated rings. The first-order valence-corrected chi connectivity index (χ1v) is 2.92. The van der Waals surface area contributed by atoms with Crippen LogP contribution in [0, 0.1) is 0 Å². The number of nitrogens with two attached hydrogens (primary N) is 1. The van der Waals surface area contributed by atoms with Crippen LogP contribution in [0.15, 0.2) is 12.3 Å². The summed E-state index contributed by atoms with van der Waals surface area (Å²) >= 11 is 0. The van der Waals surface area contributed by atoms with Gasteiger partial charge in [0.05, 0.1) is 6.54 Å². The topological polar surface area (TPSA) is 83.6 Å². The van der Waals surface area contributed by atoms with Crippen LogP contribution in [0.1, 0.15) is 0 Å². The number of carbonyl (C=O) groups excluding carboxylic acids is 1. The molecular weight excluding hydrogens is 148 g/mol. The summed E-state index contributed by atoms with van der Waals surface area (Å²) in [5, 5.41) is 8.17. The molecule has 0 spiro atoms. The number of amides is 1. The van der Waals surface area contributed by atoms with Crippen LogP contribution in [-0.2, 0) is 9.59 Å². The van der Waals surface area contributed by atoms with Crippen LogP contribution in [0.2, 0.25) is 0 Å². The van der Waals surface area contributed by atoms with Gasteiger partial charge in [0.1, 0.15) is 0 Å². The lowest BCUT2D eigenvalue weighted by molar-refractivity contribution is -0.131. The number of rotatable bonds is 4. The fraction of sp³-hybridized carbons (Fsp3) is 0.333. The van der Waals surface area contributed by atoms with Crippen LogP contribution in [0.5, 0.6) is 0 Å². The Morgan fingerprint density at radius 1 is 1.64 bits per heavy atom. The molecule has 0 aromatic heterocycles. The minimum atomic E-state index is -1.05. The number of hydrogen-bond acceptors (Lipinski definition) is 3. The van der Waals surface area contributed by atoms with Gasteiger partial charge in [0.25, 0.3) is 0 Å². The normalized spacial score (nSPS) is 9.91. The van der Waals surface area contributed by atoms with E-state index in [0.29, 0.717) is 0 Å². The molecule has 0 aliphatic rings. The molecule has 0 aliphatic carbocycles. The summed E-state index contributed by atoms with van der Waals surface area (Å²) in [5.41, 5.74) is 4.84. The van der Waals surface area contributed by atoms with Gasteiger partial charge in [-0.15, -0.1) is 0 Å². The Morgan fingerprint density at radius 3 is 2.55 bits per heavy atom. The molecule has 5 nitrogen and oxygen atoms in total. The fourth-order valence-electron chi connectivity index (χ4n) is 0.490. The van der Waals surface area contributed by atoms with E-state index in [9.17, 15) is 9.59 Å². The van der Waals surface area contributed by atoms with Crippen LogP contribution in [-0.4, -0.2) is 35.5 Å². The summed E-state index contributed by atoms with van der Waals surface area (Å²) in [6, 6.07) is 0. The predicted octanol–water partition coefficient (Wildman–Crippen LogP) is -0.998. The van der Waals surface area contributed by atoms with Crippen LogP contribution in [0.25, 0.3) is 0 Å². The van der Waals surface area contributed by atoms with Gasteiger partial charge in [-0.05, 0) is 0 Å². The molecule has 0 atom stereocenters. The second kappa shape index (κ2) is 4.32. The summed E-state index contributed by atoms with van der Waals surface area (Å²) in [6.07, 6.45) is 2.20. The van der Waals surface area contributed by atoms with E-state index < -0.39 is 11.9 Å². The smallest absolute Gasteiger partial charge is 0.329 e. The Balaban J connectivity index is 3.77. The van der Waals surface area contributed by atoms with E-state index in [0.717, 1.165) is 6.08 Å². The SMILES string of the molecule is CN(C=CC(=O)O)CC(N)=O. The van der Waals surface area contributed by atoms with Gasteiger partial charge in [0.2, 0.25) is 5.91 Å². The maximum Gasteiger partial charge on any atom is 0.329 e. The van der Waals surface area contributed by atoms with E-state index in [2.05, 4.69) is 0 Å². The average molecular weight is 158 g/mol. The zero-order valence-electron chi connectivity index (χ0n) is 6.15. The fourth-order valence-corrected chi connectivity index (χ4v) is 0.490. The third-order valence-electron chi connectivity index (χ3n) is 0.877. The van der Waals surface area contributed by atoms with Gasteiger partial charge in [-0.3, -0.25) is 4.79 Å². The highest BCUT2D eigenvalue weighted by molar-refractivity contribution is 5.80.